The van der Waals surface area contributed by atoms with Crippen molar-refractivity contribution >= 4 is 11.5 Å². The number of Topliss-reactive ketones (excluding diaryl/α,β-unsaturated/α-hetero) is 1. The number of aromatic nitrogens is 1. The average Bonchev–Trinajstić information content (AvgIpc) is 2.13. The van der Waals surface area contributed by atoms with Gasteiger partial charge in [0.05, 0.1) is 5.69 Å². The Morgan fingerprint density at radius 1 is 1.78 bits per heavy atom. The third kappa shape index (κ3) is 0.937. The van der Waals surface area contributed by atoms with Gasteiger partial charge < -0.3 is 10.7 Å². The zero-order valence-corrected chi connectivity index (χ0v) is 5.14. The lowest BCUT2D eigenvalue weighted by Crippen LogP contribution is -1.96. The molecule has 1 aromatic rings. The molecule has 0 saturated heterocycles. The number of aromatic amines is 1. The number of anilines is 1. The Morgan fingerprint density at radius 2 is 2.44 bits per heavy atom. The molecule has 0 saturated carbocycles. The van der Waals surface area contributed by atoms with Crippen LogP contribution in [0.1, 0.15) is 17.4 Å². The van der Waals surface area contributed by atoms with Gasteiger partial charge in [-0.05, 0) is 6.07 Å². The summed E-state index contributed by atoms with van der Waals surface area (Å²) in [6.07, 6.45) is 1.64. The molecule has 0 aromatic carbocycles. The average molecular weight is 124 g/mol. The quantitative estimate of drug-likeness (QED) is 0.544. The molecule has 1 rings (SSSR count). The van der Waals surface area contributed by atoms with Crippen LogP contribution in [0.4, 0.5) is 5.69 Å². The van der Waals surface area contributed by atoms with E-state index >= 15 is 0 Å². The van der Waals surface area contributed by atoms with Crippen molar-refractivity contribution in [2.24, 2.45) is 0 Å². The number of H-pyrrole nitrogens is 1. The van der Waals surface area contributed by atoms with E-state index < -0.39 is 0 Å². The summed E-state index contributed by atoms with van der Waals surface area (Å²) in [6, 6.07) is 1.66. The fraction of sp³-hybridized carbons (Fsp3) is 0.167. The van der Waals surface area contributed by atoms with E-state index in [1.54, 1.807) is 12.3 Å². The first-order valence-corrected chi connectivity index (χ1v) is 2.65. The van der Waals surface area contributed by atoms with E-state index in [4.69, 9.17) is 5.73 Å². The molecule has 0 aliphatic carbocycles. The van der Waals surface area contributed by atoms with Crippen LogP contribution < -0.4 is 5.73 Å². The van der Waals surface area contributed by atoms with Gasteiger partial charge in [-0.3, -0.25) is 4.79 Å². The second-order valence-corrected chi connectivity index (χ2v) is 1.86. The van der Waals surface area contributed by atoms with E-state index in [2.05, 4.69) is 4.98 Å². The maximum atomic E-state index is 10.6. The summed E-state index contributed by atoms with van der Waals surface area (Å²) in [4.78, 5) is 13.3. The van der Waals surface area contributed by atoms with Gasteiger partial charge in [0.15, 0.2) is 5.78 Å². The van der Waals surface area contributed by atoms with Gasteiger partial charge in [-0.25, -0.2) is 0 Å². The summed E-state index contributed by atoms with van der Waals surface area (Å²) >= 11 is 0. The summed E-state index contributed by atoms with van der Waals surface area (Å²) in [6.45, 7) is 1.47. The number of carbonyl (C=O) groups excluding carboxylic acids is 1. The van der Waals surface area contributed by atoms with Crippen molar-refractivity contribution in [2.75, 3.05) is 5.73 Å². The van der Waals surface area contributed by atoms with Crippen molar-refractivity contribution in [1.29, 1.82) is 0 Å². The molecule has 0 aliphatic rings. The second-order valence-electron chi connectivity index (χ2n) is 1.86. The Balaban J connectivity index is 3.08. The summed E-state index contributed by atoms with van der Waals surface area (Å²) < 4.78 is 0. The van der Waals surface area contributed by atoms with Crippen LogP contribution in [-0.2, 0) is 0 Å². The van der Waals surface area contributed by atoms with Gasteiger partial charge in [0.25, 0.3) is 0 Å². The molecule has 0 aliphatic heterocycles. The highest BCUT2D eigenvalue weighted by molar-refractivity contribution is 5.97. The van der Waals surface area contributed by atoms with E-state index in [1.807, 2.05) is 0 Å². The van der Waals surface area contributed by atoms with Gasteiger partial charge in [-0.15, -0.1) is 0 Å². The highest BCUT2D eigenvalue weighted by Crippen LogP contribution is 2.07. The topological polar surface area (TPSA) is 58.9 Å². The van der Waals surface area contributed by atoms with Crippen LogP contribution in [0, 0.1) is 0 Å². The van der Waals surface area contributed by atoms with Crippen molar-refractivity contribution < 1.29 is 4.79 Å². The van der Waals surface area contributed by atoms with Gasteiger partial charge >= 0.3 is 0 Å². The zero-order valence-electron chi connectivity index (χ0n) is 5.14. The van der Waals surface area contributed by atoms with Crippen molar-refractivity contribution in [3.8, 4) is 0 Å². The Morgan fingerprint density at radius 3 is 2.67 bits per heavy atom. The molecule has 0 radical (unpaired) electrons. The van der Waals surface area contributed by atoms with Crippen LogP contribution >= 0.6 is 0 Å². The first-order chi connectivity index (χ1) is 4.22. The van der Waals surface area contributed by atoms with E-state index in [-0.39, 0.29) is 5.78 Å². The van der Waals surface area contributed by atoms with Gasteiger partial charge in [-0.2, -0.15) is 0 Å². The lowest BCUT2D eigenvalue weighted by atomic mass is 10.3. The SMILES string of the molecule is CC(=O)c1[nH]ccc1N. The van der Waals surface area contributed by atoms with Crippen LogP contribution in [0.3, 0.4) is 0 Å². The number of nitrogens with two attached hydrogens (primary N) is 1. The van der Waals surface area contributed by atoms with Gasteiger partial charge in [-0.1, -0.05) is 0 Å². The molecule has 3 heteroatoms. The Bertz CT molecular complexity index is 227. The molecule has 1 aromatic heterocycles. The lowest BCUT2D eigenvalue weighted by molar-refractivity contribution is 0.101. The molecule has 0 unspecified atom stereocenters. The molecule has 0 fully saturated rings. The molecular formula is C6H8N2O. The third-order valence-electron chi connectivity index (χ3n) is 1.13. The molecule has 0 atom stereocenters. The number of rotatable bonds is 1. The van der Waals surface area contributed by atoms with Crippen molar-refractivity contribution in [3.63, 3.8) is 0 Å². The molecule has 3 N–H and O–H groups in total. The largest absolute Gasteiger partial charge is 0.397 e. The summed E-state index contributed by atoms with van der Waals surface area (Å²) in [7, 11) is 0. The molecule has 48 valence electrons. The molecule has 0 spiro atoms. The highest BCUT2D eigenvalue weighted by atomic mass is 16.1. The smallest absolute Gasteiger partial charge is 0.178 e. The number of carbonyl (C=O) groups is 1. The number of hydrogen-bond donors (Lipinski definition) is 2. The molecule has 1 heterocycles. The van der Waals surface area contributed by atoms with E-state index in [0.29, 0.717) is 11.4 Å². The highest BCUT2D eigenvalue weighted by Gasteiger charge is 2.02. The predicted octanol–water partition coefficient (Wildman–Crippen LogP) is 0.800. The number of ketones is 1. The minimum absolute atomic E-state index is 0.0301. The van der Waals surface area contributed by atoms with E-state index in [0.717, 1.165) is 0 Å². The second kappa shape index (κ2) is 1.93. The fourth-order valence-corrected chi connectivity index (χ4v) is 0.686. The maximum Gasteiger partial charge on any atom is 0.178 e. The van der Waals surface area contributed by atoms with Crippen molar-refractivity contribution in [2.45, 2.75) is 6.92 Å². The van der Waals surface area contributed by atoms with Crippen LogP contribution in [-0.4, -0.2) is 10.8 Å². The normalized spacial score (nSPS) is 9.44. The van der Waals surface area contributed by atoms with Crippen molar-refractivity contribution in [1.82, 2.24) is 4.98 Å². The molecule has 0 amide bonds. The maximum absolute atomic E-state index is 10.6. The minimum Gasteiger partial charge on any atom is -0.397 e. The van der Waals surface area contributed by atoms with Crippen LogP contribution in [0.2, 0.25) is 0 Å². The first-order valence-electron chi connectivity index (χ1n) is 2.65. The molecule has 9 heavy (non-hydrogen) atoms. The number of hydrogen-bond acceptors (Lipinski definition) is 2. The predicted molar refractivity (Wildman–Crippen MR) is 35.2 cm³/mol. The summed E-state index contributed by atoms with van der Waals surface area (Å²) in [5.41, 5.74) is 6.40. The standard InChI is InChI=1S/C6H8N2O/c1-4(9)6-5(7)2-3-8-6/h2-3,8H,7H2,1H3. The summed E-state index contributed by atoms with van der Waals surface area (Å²) in [5.74, 6) is -0.0301. The minimum atomic E-state index is -0.0301. The molecule has 3 nitrogen and oxygen atoms in total. The zero-order chi connectivity index (χ0) is 6.85. The van der Waals surface area contributed by atoms with Crippen molar-refractivity contribution in [3.05, 3.63) is 18.0 Å². The summed E-state index contributed by atoms with van der Waals surface area (Å²) in [5, 5.41) is 0. The molecular weight excluding hydrogens is 116 g/mol. The van der Waals surface area contributed by atoms with Gasteiger partial charge in [0.1, 0.15) is 5.69 Å². The Labute approximate surface area is 52.9 Å². The van der Waals surface area contributed by atoms with Gasteiger partial charge in [0.2, 0.25) is 0 Å². The fourth-order valence-electron chi connectivity index (χ4n) is 0.686. The van der Waals surface area contributed by atoms with E-state index in [9.17, 15) is 4.79 Å². The lowest BCUT2D eigenvalue weighted by Gasteiger charge is -1.89. The third-order valence-corrected chi connectivity index (χ3v) is 1.13. The Kier molecular flexibility index (Phi) is 1.26. The number of nitrogens with one attached hydrogen (secondary N) is 1. The Hall–Kier alpha value is -1.25. The number of nitrogen functional groups attached to an aromatic ring is 1. The molecule has 0 bridgehead atoms. The monoisotopic (exact) mass is 124 g/mol. The van der Waals surface area contributed by atoms with Crippen LogP contribution in [0.15, 0.2) is 12.3 Å². The first kappa shape index (κ1) is 5.88. The van der Waals surface area contributed by atoms with Crippen LogP contribution in [0.25, 0.3) is 0 Å². The van der Waals surface area contributed by atoms with Gasteiger partial charge in [0, 0.05) is 13.1 Å². The van der Waals surface area contributed by atoms with Crippen LogP contribution in [0.5, 0.6) is 0 Å². The van der Waals surface area contributed by atoms with E-state index in [1.165, 1.54) is 6.92 Å².